The van der Waals surface area contributed by atoms with Crippen LogP contribution in [0.4, 0.5) is 0 Å². The molecule has 0 bridgehead atoms. The van der Waals surface area contributed by atoms with E-state index in [2.05, 4.69) is 0 Å². The van der Waals surface area contributed by atoms with Gasteiger partial charge in [0.1, 0.15) is 11.5 Å². The van der Waals surface area contributed by atoms with Gasteiger partial charge in [-0.25, -0.2) is 4.79 Å². The molecule has 0 aliphatic carbocycles. The SMILES string of the molecule is COC(=O)C1=C(C)N(Cc2ccco2)C(=O)/C1=C\c1cccc(OC)c1. The number of nitrogens with zero attached hydrogens (tertiary/aromatic N) is 1. The van der Waals surface area contributed by atoms with Crippen LogP contribution in [0.3, 0.4) is 0 Å². The molecular weight excluding hydrogens is 334 g/mol. The lowest BCUT2D eigenvalue weighted by molar-refractivity contribution is -0.136. The van der Waals surface area contributed by atoms with Crippen LogP contribution in [-0.2, 0) is 20.9 Å². The first-order valence-corrected chi connectivity index (χ1v) is 8.04. The highest BCUT2D eigenvalue weighted by atomic mass is 16.5. The highest BCUT2D eigenvalue weighted by Crippen LogP contribution is 2.33. The molecule has 0 spiro atoms. The molecule has 0 saturated carbocycles. The summed E-state index contributed by atoms with van der Waals surface area (Å²) in [7, 11) is 2.87. The molecule has 1 aromatic heterocycles. The molecule has 6 heteroatoms. The van der Waals surface area contributed by atoms with E-state index >= 15 is 0 Å². The van der Waals surface area contributed by atoms with Crippen molar-refractivity contribution in [3.05, 3.63) is 70.8 Å². The Hall–Kier alpha value is -3.28. The minimum Gasteiger partial charge on any atom is -0.497 e. The van der Waals surface area contributed by atoms with Gasteiger partial charge < -0.3 is 18.8 Å². The van der Waals surface area contributed by atoms with E-state index in [0.717, 1.165) is 5.56 Å². The van der Waals surface area contributed by atoms with E-state index in [1.807, 2.05) is 18.2 Å². The van der Waals surface area contributed by atoms with Crippen LogP contribution < -0.4 is 4.74 Å². The second-order valence-electron chi connectivity index (χ2n) is 5.76. The normalized spacial score (nSPS) is 15.7. The number of hydrogen-bond donors (Lipinski definition) is 0. The van der Waals surface area contributed by atoms with Crippen LogP contribution in [-0.4, -0.2) is 31.0 Å². The predicted octanol–water partition coefficient (Wildman–Crippen LogP) is 3.16. The number of rotatable bonds is 5. The van der Waals surface area contributed by atoms with Crippen molar-refractivity contribution < 1.29 is 23.5 Å². The van der Waals surface area contributed by atoms with Crippen molar-refractivity contribution in [3.63, 3.8) is 0 Å². The molecule has 0 saturated heterocycles. The monoisotopic (exact) mass is 353 g/mol. The van der Waals surface area contributed by atoms with Crippen LogP contribution in [0, 0.1) is 0 Å². The average molecular weight is 353 g/mol. The Morgan fingerprint density at radius 2 is 2.04 bits per heavy atom. The van der Waals surface area contributed by atoms with E-state index in [-0.39, 0.29) is 23.6 Å². The van der Waals surface area contributed by atoms with Crippen molar-refractivity contribution in [2.75, 3.05) is 14.2 Å². The predicted molar refractivity (Wildman–Crippen MR) is 94.9 cm³/mol. The van der Waals surface area contributed by atoms with Gasteiger partial charge in [-0.2, -0.15) is 0 Å². The molecule has 0 N–H and O–H groups in total. The van der Waals surface area contributed by atoms with E-state index in [4.69, 9.17) is 13.9 Å². The highest BCUT2D eigenvalue weighted by Gasteiger charge is 2.37. The Balaban J connectivity index is 2.03. The average Bonchev–Trinajstić information content (AvgIpc) is 3.24. The van der Waals surface area contributed by atoms with Crippen LogP contribution in [0.1, 0.15) is 18.2 Å². The molecule has 1 aromatic carbocycles. The summed E-state index contributed by atoms with van der Waals surface area (Å²) in [6.45, 7) is 1.97. The fourth-order valence-electron chi connectivity index (χ4n) is 2.87. The smallest absolute Gasteiger partial charge is 0.340 e. The Bertz CT molecular complexity index is 893. The van der Waals surface area contributed by atoms with Gasteiger partial charge in [-0.05, 0) is 42.8 Å². The van der Waals surface area contributed by atoms with E-state index in [0.29, 0.717) is 17.2 Å². The molecule has 2 aromatic rings. The molecule has 134 valence electrons. The number of benzene rings is 1. The zero-order valence-electron chi connectivity index (χ0n) is 14.8. The van der Waals surface area contributed by atoms with Gasteiger partial charge in [0.2, 0.25) is 0 Å². The van der Waals surface area contributed by atoms with Crippen LogP contribution in [0.5, 0.6) is 5.75 Å². The number of esters is 1. The maximum absolute atomic E-state index is 13.0. The summed E-state index contributed by atoms with van der Waals surface area (Å²) in [6, 6.07) is 10.8. The second kappa shape index (κ2) is 7.31. The summed E-state index contributed by atoms with van der Waals surface area (Å²) in [4.78, 5) is 26.8. The lowest BCUT2D eigenvalue weighted by Gasteiger charge is -2.16. The number of ether oxygens (including phenoxy) is 2. The van der Waals surface area contributed by atoms with Gasteiger partial charge in [0.05, 0.1) is 38.2 Å². The van der Waals surface area contributed by atoms with E-state index in [9.17, 15) is 9.59 Å². The van der Waals surface area contributed by atoms with E-state index < -0.39 is 5.97 Å². The summed E-state index contributed by atoms with van der Waals surface area (Å²) in [5, 5.41) is 0. The highest BCUT2D eigenvalue weighted by molar-refractivity contribution is 6.16. The second-order valence-corrected chi connectivity index (χ2v) is 5.76. The molecular formula is C20H19NO5. The minimum absolute atomic E-state index is 0.244. The summed E-state index contributed by atoms with van der Waals surface area (Å²) >= 11 is 0. The molecule has 1 aliphatic rings. The fraction of sp³-hybridized carbons (Fsp3) is 0.200. The number of amides is 1. The molecule has 1 aliphatic heterocycles. The number of carbonyl (C=O) groups excluding carboxylic acids is 2. The Morgan fingerprint density at radius 1 is 1.23 bits per heavy atom. The third-order valence-electron chi connectivity index (χ3n) is 4.20. The summed E-state index contributed by atoms with van der Waals surface area (Å²) < 4.78 is 15.4. The quantitative estimate of drug-likeness (QED) is 0.610. The molecule has 1 amide bonds. The maximum atomic E-state index is 13.0. The van der Waals surface area contributed by atoms with Gasteiger partial charge in [0.15, 0.2) is 0 Å². The fourth-order valence-corrected chi connectivity index (χ4v) is 2.87. The van der Waals surface area contributed by atoms with Crippen LogP contribution >= 0.6 is 0 Å². The van der Waals surface area contributed by atoms with Crippen LogP contribution in [0.25, 0.3) is 6.08 Å². The lowest BCUT2D eigenvalue weighted by Crippen LogP contribution is -2.24. The van der Waals surface area contributed by atoms with Gasteiger partial charge in [0.25, 0.3) is 5.91 Å². The van der Waals surface area contributed by atoms with Crippen molar-refractivity contribution in [1.82, 2.24) is 4.90 Å². The number of carbonyl (C=O) groups is 2. The summed E-state index contributed by atoms with van der Waals surface area (Å²) in [6.07, 6.45) is 3.21. The maximum Gasteiger partial charge on any atom is 0.340 e. The molecule has 26 heavy (non-hydrogen) atoms. The molecule has 0 radical (unpaired) electrons. The van der Waals surface area contributed by atoms with Crippen molar-refractivity contribution >= 4 is 18.0 Å². The van der Waals surface area contributed by atoms with Crippen molar-refractivity contribution in [3.8, 4) is 5.75 Å². The van der Waals surface area contributed by atoms with Crippen LogP contribution in [0.15, 0.2) is 63.9 Å². The van der Waals surface area contributed by atoms with E-state index in [1.54, 1.807) is 44.6 Å². The number of furan rings is 1. The number of allylic oxidation sites excluding steroid dienone is 1. The van der Waals surface area contributed by atoms with Gasteiger partial charge in [0, 0.05) is 5.70 Å². The van der Waals surface area contributed by atoms with E-state index in [1.165, 1.54) is 12.0 Å². The van der Waals surface area contributed by atoms with Gasteiger partial charge in [-0.1, -0.05) is 12.1 Å². The molecule has 6 nitrogen and oxygen atoms in total. The Morgan fingerprint density at radius 3 is 2.69 bits per heavy atom. The first-order valence-electron chi connectivity index (χ1n) is 8.04. The van der Waals surface area contributed by atoms with Crippen LogP contribution in [0.2, 0.25) is 0 Å². The third-order valence-corrected chi connectivity index (χ3v) is 4.20. The summed E-state index contributed by atoms with van der Waals surface area (Å²) in [5.74, 6) is 0.469. The molecule has 0 unspecified atom stereocenters. The van der Waals surface area contributed by atoms with Gasteiger partial charge in [-0.3, -0.25) is 4.79 Å². The standard InChI is InChI=1S/C20H19NO5/c1-13-18(20(23)25-3)17(11-14-6-4-7-15(10-14)24-2)19(22)21(13)12-16-8-5-9-26-16/h4-11H,12H2,1-3H3/b17-11-. The lowest BCUT2D eigenvalue weighted by atomic mass is 10.0. The largest absolute Gasteiger partial charge is 0.497 e. The summed E-state index contributed by atoms with van der Waals surface area (Å²) in [5.41, 5.74) is 1.83. The molecule has 3 rings (SSSR count). The number of methoxy groups -OCH3 is 2. The molecule has 2 heterocycles. The van der Waals surface area contributed by atoms with Gasteiger partial charge >= 0.3 is 5.97 Å². The molecule has 0 atom stereocenters. The number of hydrogen-bond acceptors (Lipinski definition) is 5. The van der Waals surface area contributed by atoms with Gasteiger partial charge in [-0.15, -0.1) is 0 Å². The van der Waals surface area contributed by atoms with Crippen molar-refractivity contribution in [1.29, 1.82) is 0 Å². The Labute approximate surface area is 151 Å². The van der Waals surface area contributed by atoms with Crippen molar-refractivity contribution in [2.24, 2.45) is 0 Å². The first kappa shape index (κ1) is 17.5. The third kappa shape index (κ3) is 3.26. The van der Waals surface area contributed by atoms with Crippen molar-refractivity contribution in [2.45, 2.75) is 13.5 Å². The topological polar surface area (TPSA) is 69.0 Å². The Kier molecular flexibility index (Phi) is 4.93. The minimum atomic E-state index is -0.549. The zero-order chi connectivity index (χ0) is 18.7. The first-order chi connectivity index (χ1) is 12.5. The zero-order valence-corrected chi connectivity index (χ0v) is 14.8. The molecule has 0 fully saturated rings.